The predicted molar refractivity (Wildman–Crippen MR) is 206 cm³/mol. The summed E-state index contributed by atoms with van der Waals surface area (Å²) < 4.78 is 0. The summed E-state index contributed by atoms with van der Waals surface area (Å²) in [5.74, 6) is 23.4. The van der Waals surface area contributed by atoms with Gasteiger partial charge < -0.3 is 0 Å². The fraction of sp³-hybridized carbons (Fsp3) is 1.00. The average molecular weight is 709 g/mol. The largest absolute Gasteiger partial charge is 0.179 e. The molecule has 212 valence electrons. The van der Waals surface area contributed by atoms with E-state index < -0.39 is 0 Å². The van der Waals surface area contributed by atoms with E-state index in [0.29, 0.717) is 0 Å². The zero-order valence-electron chi connectivity index (χ0n) is 21.3. The van der Waals surface area contributed by atoms with Crippen molar-refractivity contribution in [2.24, 2.45) is 0 Å². The second kappa shape index (κ2) is 34.4. The number of thioether (sulfide) groups is 9. The van der Waals surface area contributed by atoms with Crippen LogP contribution in [-0.4, -0.2) is 120 Å². The Bertz CT molecular complexity index is 358. The molecule has 0 aromatic rings. The Morgan fingerprint density at radius 1 is 0.400 bits per heavy atom. The van der Waals surface area contributed by atoms with Gasteiger partial charge in [0.05, 0.1) is 0 Å². The van der Waals surface area contributed by atoms with Crippen LogP contribution in [0.5, 0.6) is 0 Å². The summed E-state index contributed by atoms with van der Waals surface area (Å²) in [5, 5.41) is 1.57. The van der Waals surface area contributed by atoms with E-state index in [1.165, 1.54) is 98.5 Å². The molecule has 0 rings (SSSR count). The molecule has 0 N–H and O–H groups in total. The molecule has 0 saturated carbocycles. The molecule has 0 amide bonds. The molecule has 35 heavy (non-hydrogen) atoms. The van der Waals surface area contributed by atoms with Gasteiger partial charge in [0.25, 0.3) is 0 Å². The van der Waals surface area contributed by atoms with Gasteiger partial charge in [-0.1, -0.05) is 6.92 Å². The molecule has 0 heterocycles. The molecule has 0 saturated heterocycles. The molecule has 0 bridgehead atoms. The molecular formula is C23H48S12. The van der Waals surface area contributed by atoms with Gasteiger partial charge in [-0.05, 0) is 29.4 Å². The zero-order valence-corrected chi connectivity index (χ0v) is 31.3. The first kappa shape index (κ1) is 39.2. The van der Waals surface area contributed by atoms with Gasteiger partial charge in [-0.2, -0.15) is 144 Å². The molecule has 0 radical (unpaired) electrons. The maximum atomic E-state index is 4.35. The van der Waals surface area contributed by atoms with E-state index in [1.54, 1.807) is 0 Å². The van der Waals surface area contributed by atoms with Gasteiger partial charge in [0.1, 0.15) is 0 Å². The standard InChI is InChI=1S/C23H48S12/c1-2-6-27-10-12-31-18-22(34-16-14-29-8-4-25)20-33-21-23(35-17-15-30-9-5-26)19-32-13-11-28-7-3-24/h22-26H,2-21H2,1H3. The lowest BCUT2D eigenvalue weighted by atomic mass is 10.5. The van der Waals surface area contributed by atoms with E-state index in [4.69, 9.17) is 0 Å². The molecule has 12 heteroatoms. The fourth-order valence-electron chi connectivity index (χ4n) is 2.58. The van der Waals surface area contributed by atoms with Crippen molar-refractivity contribution in [3.05, 3.63) is 0 Å². The molecule has 0 aliphatic rings. The smallest absolute Gasteiger partial charge is 0.0229 e. The third-order valence-electron chi connectivity index (χ3n) is 4.18. The highest BCUT2D eigenvalue weighted by Crippen LogP contribution is 2.27. The summed E-state index contributed by atoms with van der Waals surface area (Å²) in [5.41, 5.74) is 0. The Labute approximate surface area is 273 Å². The van der Waals surface area contributed by atoms with Crippen molar-refractivity contribution >= 4 is 144 Å². The van der Waals surface area contributed by atoms with E-state index in [9.17, 15) is 0 Å². The second-order valence-electron chi connectivity index (χ2n) is 7.29. The topological polar surface area (TPSA) is 0 Å². The Hall–Kier alpha value is 4.20. The first-order valence-electron chi connectivity index (χ1n) is 12.4. The van der Waals surface area contributed by atoms with Crippen LogP contribution in [-0.2, 0) is 0 Å². The maximum Gasteiger partial charge on any atom is 0.0229 e. The Morgan fingerprint density at radius 2 is 0.743 bits per heavy atom. The molecular weight excluding hydrogens is 661 g/mol. The van der Waals surface area contributed by atoms with Gasteiger partial charge in [-0.3, -0.25) is 0 Å². The van der Waals surface area contributed by atoms with Crippen LogP contribution in [0, 0.1) is 0 Å². The van der Waals surface area contributed by atoms with E-state index in [1.807, 2.05) is 11.8 Å². The van der Waals surface area contributed by atoms with Crippen molar-refractivity contribution in [3.63, 3.8) is 0 Å². The molecule has 2 atom stereocenters. The first-order chi connectivity index (χ1) is 17.3. The summed E-state index contributed by atoms with van der Waals surface area (Å²) in [4.78, 5) is 0. The molecule has 0 aliphatic carbocycles. The minimum absolute atomic E-state index is 0.783. The molecule has 0 nitrogen and oxygen atoms in total. The van der Waals surface area contributed by atoms with Crippen LogP contribution in [0.1, 0.15) is 13.3 Å². The highest BCUT2D eigenvalue weighted by molar-refractivity contribution is 8.08. The van der Waals surface area contributed by atoms with Crippen molar-refractivity contribution in [1.29, 1.82) is 0 Å². The SMILES string of the molecule is CCCSCCSCC(CSCC(CSCCSCCS)SCCSCCS)SCCSCCS. The molecule has 0 aliphatic heterocycles. The number of rotatable bonds is 30. The monoisotopic (exact) mass is 708 g/mol. The number of hydrogen-bond donors (Lipinski definition) is 3. The third kappa shape index (κ3) is 31.0. The van der Waals surface area contributed by atoms with Gasteiger partial charge in [0.2, 0.25) is 0 Å². The first-order valence-corrected chi connectivity index (χ1v) is 24.5. The number of thiol groups is 3. The number of hydrogen-bond acceptors (Lipinski definition) is 12. The zero-order chi connectivity index (χ0) is 25.7. The summed E-state index contributed by atoms with van der Waals surface area (Å²) in [6.07, 6.45) is 1.30. The van der Waals surface area contributed by atoms with Gasteiger partial charge in [-0.25, -0.2) is 0 Å². The van der Waals surface area contributed by atoms with E-state index in [0.717, 1.165) is 27.8 Å². The molecule has 0 spiro atoms. The Morgan fingerprint density at radius 3 is 1.14 bits per heavy atom. The summed E-state index contributed by atoms with van der Waals surface area (Å²) in [6.45, 7) is 2.28. The summed E-state index contributed by atoms with van der Waals surface area (Å²) in [6, 6.07) is 0. The van der Waals surface area contributed by atoms with Crippen molar-refractivity contribution in [1.82, 2.24) is 0 Å². The quantitative estimate of drug-likeness (QED) is 0.0492. The lowest BCUT2D eigenvalue weighted by Gasteiger charge is -2.19. The van der Waals surface area contributed by atoms with Gasteiger partial charge in [0.15, 0.2) is 0 Å². The van der Waals surface area contributed by atoms with E-state index in [-0.39, 0.29) is 0 Å². The Balaban J connectivity index is 4.38. The minimum Gasteiger partial charge on any atom is -0.179 e. The lowest BCUT2D eigenvalue weighted by Crippen LogP contribution is -2.17. The van der Waals surface area contributed by atoms with Crippen LogP contribution < -0.4 is 0 Å². The van der Waals surface area contributed by atoms with Gasteiger partial charge >= 0.3 is 0 Å². The summed E-state index contributed by atoms with van der Waals surface area (Å²) >= 11 is 32.3. The summed E-state index contributed by atoms with van der Waals surface area (Å²) in [7, 11) is 0. The maximum absolute atomic E-state index is 4.35. The highest BCUT2D eigenvalue weighted by atomic mass is 32.2. The second-order valence-corrected chi connectivity index (χ2v) is 19.7. The molecule has 0 aromatic heterocycles. The highest BCUT2D eigenvalue weighted by Gasteiger charge is 2.14. The van der Waals surface area contributed by atoms with E-state index in [2.05, 4.69) is 139 Å². The predicted octanol–water partition coefficient (Wildman–Crippen LogP) is 8.52. The van der Waals surface area contributed by atoms with Crippen LogP contribution in [0.25, 0.3) is 0 Å². The van der Waals surface area contributed by atoms with Crippen LogP contribution >= 0.6 is 144 Å². The Kier molecular flexibility index (Phi) is 38.5. The normalized spacial score (nSPS) is 13.4. The fourth-order valence-corrected chi connectivity index (χ4v) is 14.5. The van der Waals surface area contributed by atoms with Gasteiger partial charge in [0, 0.05) is 96.8 Å². The molecule has 0 aromatic carbocycles. The lowest BCUT2D eigenvalue weighted by molar-refractivity contribution is 1.10. The molecule has 2 unspecified atom stereocenters. The van der Waals surface area contributed by atoms with Crippen molar-refractivity contribution in [2.75, 3.05) is 109 Å². The minimum atomic E-state index is 0.783. The van der Waals surface area contributed by atoms with Crippen LogP contribution in [0.3, 0.4) is 0 Å². The van der Waals surface area contributed by atoms with Crippen molar-refractivity contribution < 1.29 is 0 Å². The van der Waals surface area contributed by atoms with Gasteiger partial charge in [-0.15, -0.1) is 0 Å². The van der Waals surface area contributed by atoms with E-state index >= 15 is 0 Å². The molecule has 0 fully saturated rings. The average Bonchev–Trinajstić information content (AvgIpc) is 2.87. The third-order valence-corrected chi connectivity index (χ3v) is 17.8. The van der Waals surface area contributed by atoms with Crippen molar-refractivity contribution in [2.45, 2.75) is 23.8 Å². The van der Waals surface area contributed by atoms with Crippen LogP contribution in [0.15, 0.2) is 0 Å². The van der Waals surface area contributed by atoms with Crippen LogP contribution in [0.4, 0.5) is 0 Å². The van der Waals surface area contributed by atoms with Crippen molar-refractivity contribution in [3.8, 4) is 0 Å². The van der Waals surface area contributed by atoms with Crippen LogP contribution in [0.2, 0.25) is 0 Å².